The smallest absolute Gasteiger partial charge is 0.320 e. The van der Waals surface area contributed by atoms with E-state index in [1.165, 1.54) is 0 Å². The number of hydrogen-bond donors (Lipinski definition) is 1. The minimum Gasteiger partial charge on any atom is -0.480 e. The summed E-state index contributed by atoms with van der Waals surface area (Å²) >= 11 is 1.60. The molecule has 2 rings (SSSR count). The maximum atomic E-state index is 12.1. The molecule has 1 aliphatic rings. The SMILES string of the molecule is CN(Cc1ccsc1)C(=O)CN1CCCC1C(=O)O. The van der Waals surface area contributed by atoms with Crippen LogP contribution in [0.25, 0.3) is 0 Å². The molecule has 1 atom stereocenters. The van der Waals surface area contributed by atoms with Crippen LogP contribution in [-0.4, -0.2) is 53.0 Å². The van der Waals surface area contributed by atoms with Gasteiger partial charge < -0.3 is 10.0 Å². The Morgan fingerprint density at radius 2 is 2.37 bits per heavy atom. The lowest BCUT2D eigenvalue weighted by atomic mass is 10.2. The molecule has 1 unspecified atom stereocenters. The normalized spacial score (nSPS) is 19.5. The Hall–Kier alpha value is -1.40. The van der Waals surface area contributed by atoms with Gasteiger partial charge in [-0.2, -0.15) is 11.3 Å². The molecular weight excluding hydrogens is 264 g/mol. The fourth-order valence-corrected chi connectivity index (χ4v) is 2.99. The predicted octanol–water partition coefficient (Wildman–Crippen LogP) is 1.26. The number of aliphatic carboxylic acids is 1. The van der Waals surface area contributed by atoms with Gasteiger partial charge in [0, 0.05) is 13.6 Å². The van der Waals surface area contributed by atoms with Crippen LogP contribution >= 0.6 is 11.3 Å². The van der Waals surface area contributed by atoms with Crippen molar-refractivity contribution in [3.63, 3.8) is 0 Å². The second-order valence-corrected chi connectivity index (χ2v) is 5.63. The quantitative estimate of drug-likeness (QED) is 0.883. The van der Waals surface area contributed by atoms with Crippen LogP contribution in [0.5, 0.6) is 0 Å². The van der Waals surface area contributed by atoms with Gasteiger partial charge >= 0.3 is 5.97 Å². The molecule has 0 bridgehead atoms. The number of hydrogen-bond acceptors (Lipinski definition) is 4. The first-order valence-electron chi connectivity index (χ1n) is 6.30. The number of thiophene rings is 1. The van der Waals surface area contributed by atoms with Crippen molar-refractivity contribution in [1.82, 2.24) is 9.80 Å². The molecule has 0 saturated carbocycles. The molecular formula is C13H18N2O3S. The molecule has 2 heterocycles. The van der Waals surface area contributed by atoms with Gasteiger partial charge in [0.2, 0.25) is 5.91 Å². The maximum Gasteiger partial charge on any atom is 0.320 e. The van der Waals surface area contributed by atoms with Gasteiger partial charge in [-0.25, -0.2) is 0 Å². The first kappa shape index (κ1) is 14.0. The van der Waals surface area contributed by atoms with E-state index in [-0.39, 0.29) is 12.5 Å². The third kappa shape index (κ3) is 3.54. The van der Waals surface area contributed by atoms with Gasteiger partial charge in [-0.15, -0.1) is 0 Å². The fourth-order valence-electron chi connectivity index (χ4n) is 2.33. The molecule has 1 fully saturated rings. The van der Waals surface area contributed by atoms with Crippen LogP contribution in [0.3, 0.4) is 0 Å². The van der Waals surface area contributed by atoms with Crippen LogP contribution in [0, 0.1) is 0 Å². The van der Waals surface area contributed by atoms with Crippen molar-refractivity contribution < 1.29 is 14.7 Å². The number of carboxylic acid groups (broad SMARTS) is 1. The van der Waals surface area contributed by atoms with E-state index >= 15 is 0 Å². The molecule has 0 radical (unpaired) electrons. The molecule has 1 aromatic rings. The summed E-state index contributed by atoms with van der Waals surface area (Å²) in [5.74, 6) is -0.856. The average molecular weight is 282 g/mol. The van der Waals surface area contributed by atoms with Crippen LogP contribution in [0.2, 0.25) is 0 Å². The van der Waals surface area contributed by atoms with E-state index in [0.717, 1.165) is 12.0 Å². The molecule has 6 heteroatoms. The van der Waals surface area contributed by atoms with Crippen molar-refractivity contribution in [3.05, 3.63) is 22.4 Å². The number of carboxylic acids is 1. The van der Waals surface area contributed by atoms with Gasteiger partial charge in [0.25, 0.3) is 0 Å². The van der Waals surface area contributed by atoms with E-state index in [0.29, 0.717) is 19.5 Å². The van der Waals surface area contributed by atoms with Crippen molar-refractivity contribution in [2.24, 2.45) is 0 Å². The van der Waals surface area contributed by atoms with Crippen LogP contribution in [0.1, 0.15) is 18.4 Å². The summed E-state index contributed by atoms with van der Waals surface area (Å²) in [5.41, 5.74) is 1.11. The first-order valence-corrected chi connectivity index (χ1v) is 7.24. The van der Waals surface area contributed by atoms with Crippen LogP contribution in [-0.2, 0) is 16.1 Å². The third-order valence-electron chi connectivity index (χ3n) is 3.41. The molecule has 0 aliphatic carbocycles. The number of likely N-dealkylation sites (N-methyl/N-ethyl adjacent to an activating group) is 1. The standard InChI is InChI=1S/C13H18N2O3S/c1-14(7-10-4-6-19-9-10)12(16)8-15-5-2-3-11(15)13(17)18/h4,6,9,11H,2-3,5,7-8H2,1H3,(H,17,18). The van der Waals surface area contributed by atoms with Gasteiger partial charge in [-0.3, -0.25) is 14.5 Å². The third-order valence-corrected chi connectivity index (χ3v) is 4.14. The Balaban J connectivity index is 1.88. The Morgan fingerprint density at radius 1 is 1.58 bits per heavy atom. The Morgan fingerprint density at radius 3 is 3.00 bits per heavy atom. The lowest BCUT2D eigenvalue weighted by Gasteiger charge is -2.24. The molecule has 1 aromatic heterocycles. The number of amides is 1. The van der Waals surface area contributed by atoms with Crippen molar-refractivity contribution in [2.75, 3.05) is 20.1 Å². The summed E-state index contributed by atoms with van der Waals surface area (Å²) in [5, 5.41) is 13.1. The van der Waals surface area contributed by atoms with Crippen molar-refractivity contribution in [3.8, 4) is 0 Å². The number of likely N-dealkylation sites (tertiary alicyclic amines) is 1. The average Bonchev–Trinajstić information content (AvgIpc) is 2.99. The van der Waals surface area contributed by atoms with E-state index in [4.69, 9.17) is 5.11 Å². The van der Waals surface area contributed by atoms with E-state index in [9.17, 15) is 9.59 Å². The molecule has 0 spiro atoms. The minimum atomic E-state index is -0.828. The molecule has 1 amide bonds. The lowest BCUT2D eigenvalue weighted by molar-refractivity contribution is -0.143. The molecule has 0 aromatic carbocycles. The van der Waals surface area contributed by atoms with E-state index in [1.54, 1.807) is 28.2 Å². The Bertz CT molecular complexity index is 447. The summed E-state index contributed by atoms with van der Waals surface area (Å²) in [6.07, 6.45) is 1.48. The summed E-state index contributed by atoms with van der Waals surface area (Å²) < 4.78 is 0. The van der Waals surface area contributed by atoms with Gasteiger partial charge in [0.1, 0.15) is 6.04 Å². The van der Waals surface area contributed by atoms with E-state index < -0.39 is 12.0 Å². The highest BCUT2D eigenvalue weighted by atomic mass is 32.1. The van der Waals surface area contributed by atoms with Gasteiger partial charge in [0.05, 0.1) is 6.54 Å². The highest BCUT2D eigenvalue weighted by Gasteiger charge is 2.32. The van der Waals surface area contributed by atoms with Crippen molar-refractivity contribution in [2.45, 2.75) is 25.4 Å². The Labute approximate surface area is 116 Å². The number of nitrogens with zero attached hydrogens (tertiary/aromatic N) is 2. The molecule has 1 aliphatic heterocycles. The number of carbonyl (C=O) groups is 2. The second-order valence-electron chi connectivity index (χ2n) is 4.85. The van der Waals surface area contributed by atoms with Crippen LogP contribution in [0.15, 0.2) is 16.8 Å². The fraction of sp³-hybridized carbons (Fsp3) is 0.538. The molecule has 104 valence electrons. The highest BCUT2D eigenvalue weighted by molar-refractivity contribution is 7.07. The van der Waals surface area contributed by atoms with Crippen LogP contribution < -0.4 is 0 Å². The van der Waals surface area contributed by atoms with Gasteiger partial charge in [-0.05, 0) is 41.8 Å². The molecule has 5 nitrogen and oxygen atoms in total. The minimum absolute atomic E-state index is 0.0284. The van der Waals surface area contributed by atoms with Gasteiger partial charge in [-0.1, -0.05) is 0 Å². The number of carbonyl (C=O) groups excluding carboxylic acids is 1. The summed E-state index contributed by atoms with van der Waals surface area (Å²) in [7, 11) is 1.76. The largest absolute Gasteiger partial charge is 0.480 e. The Kier molecular flexibility index (Phi) is 4.55. The summed E-state index contributed by atoms with van der Waals surface area (Å²) in [6.45, 7) is 1.46. The second kappa shape index (κ2) is 6.16. The van der Waals surface area contributed by atoms with E-state index in [1.807, 2.05) is 16.8 Å². The highest BCUT2D eigenvalue weighted by Crippen LogP contribution is 2.17. The topological polar surface area (TPSA) is 60.9 Å². The van der Waals surface area contributed by atoms with Gasteiger partial charge in [0.15, 0.2) is 0 Å². The monoisotopic (exact) mass is 282 g/mol. The first-order chi connectivity index (χ1) is 9.08. The molecule has 1 N–H and O–H groups in total. The zero-order valence-electron chi connectivity index (χ0n) is 10.9. The molecule has 19 heavy (non-hydrogen) atoms. The zero-order valence-corrected chi connectivity index (χ0v) is 11.7. The maximum absolute atomic E-state index is 12.1. The zero-order chi connectivity index (χ0) is 13.8. The van der Waals surface area contributed by atoms with E-state index in [2.05, 4.69) is 0 Å². The summed E-state index contributed by atoms with van der Waals surface area (Å²) in [6, 6.07) is 1.49. The van der Waals surface area contributed by atoms with Crippen molar-refractivity contribution in [1.29, 1.82) is 0 Å². The summed E-state index contributed by atoms with van der Waals surface area (Å²) in [4.78, 5) is 26.6. The van der Waals surface area contributed by atoms with Crippen molar-refractivity contribution >= 4 is 23.2 Å². The molecule has 1 saturated heterocycles. The lowest BCUT2D eigenvalue weighted by Crippen LogP contribution is -2.43. The van der Waals surface area contributed by atoms with Crippen LogP contribution in [0.4, 0.5) is 0 Å². The number of rotatable bonds is 5. The predicted molar refractivity (Wildman–Crippen MR) is 73.0 cm³/mol.